The van der Waals surface area contributed by atoms with E-state index in [2.05, 4.69) is 15.3 Å². The number of fused-ring (bicyclic) bond motifs is 1. The first-order chi connectivity index (χ1) is 15.7. The zero-order chi connectivity index (χ0) is 21.9. The van der Waals surface area contributed by atoms with Crippen molar-refractivity contribution >= 4 is 17.6 Å². The van der Waals surface area contributed by atoms with Crippen LogP contribution in [0.15, 0.2) is 36.5 Å². The Hall–Kier alpha value is -3.07. The summed E-state index contributed by atoms with van der Waals surface area (Å²) in [6, 6.07) is 9.62. The fourth-order valence-corrected chi connectivity index (χ4v) is 4.71. The predicted octanol–water partition coefficient (Wildman–Crippen LogP) is 1.92. The lowest BCUT2D eigenvalue weighted by Crippen LogP contribution is -2.55. The topological polar surface area (TPSA) is 88.9 Å². The van der Waals surface area contributed by atoms with E-state index in [-0.39, 0.29) is 18.4 Å². The van der Waals surface area contributed by atoms with Gasteiger partial charge in [0, 0.05) is 32.2 Å². The van der Waals surface area contributed by atoms with Gasteiger partial charge in [-0.2, -0.15) is 5.10 Å². The summed E-state index contributed by atoms with van der Waals surface area (Å²) in [5, 5.41) is 7.42. The molecule has 0 spiro atoms. The predicted molar refractivity (Wildman–Crippen MR) is 118 cm³/mol. The third-order valence-corrected chi connectivity index (χ3v) is 6.44. The maximum absolute atomic E-state index is 12.9. The summed E-state index contributed by atoms with van der Waals surface area (Å²) in [5.74, 6) is 1.92. The minimum absolute atomic E-state index is 0.0508. The second-order valence-electron chi connectivity index (χ2n) is 8.61. The van der Waals surface area contributed by atoms with Crippen molar-refractivity contribution in [2.75, 3.05) is 44.6 Å². The molecule has 9 nitrogen and oxygen atoms in total. The summed E-state index contributed by atoms with van der Waals surface area (Å²) in [5.41, 5.74) is 0. The number of para-hydroxylation sites is 2. The number of aromatic nitrogens is 2. The van der Waals surface area contributed by atoms with Crippen LogP contribution >= 0.6 is 0 Å². The number of carbonyl (C=O) groups is 2. The van der Waals surface area contributed by atoms with Gasteiger partial charge in [0.25, 0.3) is 5.91 Å². The molecule has 2 aliphatic heterocycles. The number of rotatable bonds is 5. The van der Waals surface area contributed by atoms with Crippen molar-refractivity contribution in [3.63, 3.8) is 0 Å². The van der Waals surface area contributed by atoms with Crippen molar-refractivity contribution < 1.29 is 19.1 Å². The van der Waals surface area contributed by atoms with Crippen molar-refractivity contribution in [1.29, 1.82) is 0 Å². The van der Waals surface area contributed by atoms with Crippen LogP contribution in [0.3, 0.4) is 0 Å². The van der Waals surface area contributed by atoms with Crippen LogP contribution in [0.1, 0.15) is 31.7 Å². The summed E-state index contributed by atoms with van der Waals surface area (Å²) >= 11 is 0. The smallest absolute Gasteiger partial charge is 0.267 e. The molecule has 0 unspecified atom stereocenters. The highest BCUT2D eigenvalue weighted by atomic mass is 16.6. The van der Waals surface area contributed by atoms with Crippen molar-refractivity contribution in [2.45, 2.75) is 37.8 Å². The second kappa shape index (κ2) is 9.20. The number of anilines is 1. The standard InChI is InChI=1S/C23H29N5O4/c29-22(25-21-9-10-24-28(21)17-5-1-2-6-17)15-26-11-13-27(14-12-26)23(30)20-16-31-18-7-3-4-8-19(18)32-20/h3-4,7-10,17,20H,1-2,5-6,11-16H2,(H,25,29)/t20-/m1/s1. The van der Waals surface area contributed by atoms with Crippen LogP contribution in [0.2, 0.25) is 0 Å². The Morgan fingerprint density at radius 2 is 1.78 bits per heavy atom. The van der Waals surface area contributed by atoms with E-state index in [1.54, 1.807) is 11.1 Å². The SMILES string of the molecule is O=C(CN1CCN(C(=O)[C@H]2COc3ccccc3O2)CC1)Nc1ccnn1C1CCCC1. The number of piperazine rings is 1. The van der Waals surface area contributed by atoms with Gasteiger partial charge in [0.2, 0.25) is 12.0 Å². The van der Waals surface area contributed by atoms with E-state index in [1.165, 1.54) is 12.8 Å². The maximum atomic E-state index is 12.9. The molecule has 0 radical (unpaired) electrons. The summed E-state index contributed by atoms with van der Waals surface area (Å²) in [6.45, 7) is 2.93. The van der Waals surface area contributed by atoms with Gasteiger partial charge >= 0.3 is 0 Å². The Labute approximate surface area is 187 Å². The molecule has 1 aromatic heterocycles. The number of nitrogens with one attached hydrogen (secondary N) is 1. The van der Waals surface area contributed by atoms with Crippen molar-refractivity contribution in [3.05, 3.63) is 36.5 Å². The summed E-state index contributed by atoms with van der Waals surface area (Å²) in [6.07, 6.45) is 5.77. The van der Waals surface area contributed by atoms with Gasteiger partial charge in [0.15, 0.2) is 11.5 Å². The first-order valence-electron chi connectivity index (χ1n) is 11.4. The third-order valence-electron chi connectivity index (χ3n) is 6.44. The first-order valence-corrected chi connectivity index (χ1v) is 11.4. The number of hydrogen-bond donors (Lipinski definition) is 1. The van der Waals surface area contributed by atoms with Crippen LogP contribution in [-0.4, -0.2) is 76.8 Å². The molecule has 1 saturated heterocycles. The molecular formula is C23H29N5O4. The lowest BCUT2D eigenvalue weighted by atomic mass is 10.2. The van der Waals surface area contributed by atoms with Crippen LogP contribution in [0.5, 0.6) is 11.5 Å². The molecule has 32 heavy (non-hydrogen) atoms. The summed E-state index contributed by atoms with van der Waals surface area (Å²) in [7, 11) is 0. The molecule has 170 valence electrons. The van der Waals surface area contributed by atoms with Crippen molar-refractivity contribution in [2.24, 2.45) is 0 Å². The molecule has 5 rings (SSSR count). The van der Waals surface area contributed by atoms with Gasteiger partial charge in [-0.3, -0.25) is 14.5 Å². The normalized spacial score (nSPS) is 21.5. The van der Waals surface area contributed by atoms with E-state index in [4.69, 9.17) is 9.47 Å². The fraction of sp³-hybridized carbons (Fsp3) is 0.522. The average molecular weight is 440 g/mol. The number of carbonyl (C=O) groups excluding carboxylic acids is 2. The number of hydrogen-bond acceptors (Lipinski definition) is 6. The van der Waals surface area contributed by atoms with Gasteiger partial charge in [-0.05, 0) is 25.0 Å². The van der Waals surface area contributed by atoms with Crippen LogP contribution < -0.4 is 14.8 Å². The lowest BCUT2D eigenvalue weighted by Gasteiger charge is -2.36. The molecule has 2 amide bonds. The molecule has 1 aliphatic carbocycles. The molecule has 1 saturated carbocycles. The van der Waals surface area contributed by atoms with Crippen molar-refractivity contribution in [1.82, 2.24) is 19.6 Å². The average Bonchev–Trinajstić information content (AvgIpc) is 3.51. The Morgan fingerprint density at radius 3 is 2.56 bits per heavy atom. The number of benzene rings is 1. The quantitative estimate of drug-likeness (QED) is 0.766. The molecule has 2 aromatic rings. The van der Waals surface area contributed by atoms with Gasteiger partial charge in [-0.1, -0.05) is 25.0 Å². The fourth-order valence-electron chi connectivity index (χ4n) is 4.71. The summed E-state index contributed by atoms with van der Waals surface area (Å²) < 4.78 is 13.5. The Bertz CT molecular complexity index is 963. The zero-order valence-corrected chi connectivity index (χ0v) is 18.1. The second-order valence-corrected chi connectivity index (χ2v) is 8.61. The van der Waals surface area contributed by atoms with E-state index in [0.29, 0.717) is 50.3 Å². The highest BCUT2D eigenvalue weighted by Gasteiger charge is 2.33. The molecule has 3 heterocycles. The summed E-state index contributed by atoms with van der Waals surface area (Å²) in [4.78, 5) is 29.4. The molecule has 1 atom stereocenters. The molecular weight excluding hydrogens is 410 g/mol. The van der Waals surface area contributed by atoms with Crippen LogP contribution in [0.25, 0.3) is 0 Å². The first kappa shape index (κ1) is 20.8. The van der Waals surface area contributed by atoms with Crippen LogP contribution in [0, 0.1) is 0 Å². The largest absolute Gasteiger partial charge is 0.485 e. The molecule has 3 aliphatic rings. The number of ether oxygens (including phenoxy) is 2. The number of amides is 2. The van der Waals surface area contributed by atoms with Gasteiger partial charge in [0.05, 0.1) is 18.8 Å². The van der Waals surface area contributed by atoms with E-state index in [9.17, 15) is 9.59 Å². The molecule has 1 N–H and O–H groups in total. The van der Waals surface area contributed by atoms with E-state index in [0.717, 1.165) is 18.7 Å². The Morgan fingerprint density at radius 1 is 1.03 bits per heavy atom. The van der Waals surface area contributed by atoms with Gasteiger partial charge in [-0.25, -0.2) is 4.68 Å². The maximum Gasteiger partial charge on any atom is 0.267 e. The van der Waals surface area contributed by atoms with Crippen LogP contribution in [-0.2, 0) is 9.59 Å². The van der Waals surface area contributed by atoms with Crippen LogP contribution in [0.4, 0.5) is 5.82 Å². The van der Waals surface area contributed by atoms with Gasteiger partial charge in [0.1, 0.15) is 12.4 Å². The Balaban J connectivity index is 1.09. The lowest BCUT2D eigenvalue weighted by molar-refractivity contribution is -0.143. The monoisotopic (exact) mass is 439 g/mol. The van der Waals surface area contributed by atoms with E-state index >= 15 is 0 Å². The molecule has 1 aromatic carbocycles. The minimum Gasteiger partial charge on any atom is -0.485 e. The molecule has 2 fully saturated rings. The van der Waals surface area contributed by atoms with E-state index < -0.39 is 6.10 Å². The highest BCUT2D eigenvalue weighted by Crippen LogP contribution is 2.32. The van der Waals surface area contributed by atoms with Gasteiger partial charge in [-0.15, -0.1) is 0 Å². The third kappa shape index (κ3) is 4.43. The van der Waals surface area contributed by atoms with Gasteiger partial charge < -0.3 is 19.7 Å². The van der Waals surface area contributed by atoms with Crippen molar-refractivity contribution in [3.8, 4) is 11.5 Å². The number of nitrogens with zero attached hydrogens (tertiary/aromatic N) is 4. The molecule has 0 bridgehead atoms. The highest BCUT2D eigenvalue weighted by molar-refractivity contribution is 5.91. The molecule has 9 heteroatoms. The van der Waals surface area contributed by atoms with E-state index in [1.807, 2.05) is 35.0 Å². The minimum atomic E-state index is -0.629. The zero-order valence-electron chi connectivity index (χ0n) is 18.1. The Kier molecular flexibility index (Phi) is 5.98.